The molecule has 4 heterocycles. The summed E-state index contributed by atoms with van der Waals surface area (Å²) in [5, 5.41) is 10.6. The van der Waals surface area contributed by atoms with E-state index in [-0.39, 0.29) is 99.7 Å². The molecular formula is C58H104O14. The maximum atomic E-state index is 12.4. The number of carbonyl (C=O) groups is 6. The van der Waals surface area contributed by atoms with Crippen LogP contribution < -0.4 is 0 Å². The predicted molar refractivity (Wildman–Crippen MR) is 280 cm³/mol. The fourth-order valence-corrected chi connectivity index (χ4v) is 11.0. The zero-order valence-electron chi connectivity index (χ0n) is 44.4. The topological polar surface area (TPSA) is 187 Å². The molecule has 14 heteroatoms. The van der Waals surface area contributed by atoms with E-state index in [1.54, 1.807) is 13.8 Å². The summed E-state index contributed by atoms with van der Waals surface area (Å²) in [6.45, 7) is 30.0. The Bertz CT molecular complexity index is 1840. The molecule has 9 rings (SSSR count). The summed E-state index contributed by atoms with van der Waals surface area (Å²) < 4.78 is 38.2. The Hall–Kier alpha value is -3.26. The molecule has 5 saturated carbocycles. The van der Waals surface area contributed by atoms with Crippen LogP contribution in [0.2, 0.25) is 0 Å². The van der Waals surface area contributed by atoms with Gasteiger partial charge in [-0.15, -0.1) is 0 Å². The van der Waals surface area contributed by atoms with Crippen molar-refractivity contribution in [3.63, 3.8) is 0 Å². The fraction of sp³-hybridized carbons (Fsp3) is 0.897. The number of ether oxygens (including phenoxy) is 7. The first-order chi connectivity index (χ1) is 31.3. The first-order valence-corrected chi connectivity index (χ1v) is 26.0. The summed E-state index contributed by atoms with van der Waals surface area (Å²) in [7, 11) is 0. The lowest BCUT2D eigenvalue weighted by atomic mass is 9.52. The molecule has 5 aliphatic carbocycles. The van der Waals surface area contributed by atoms with Gasteiger partial charge in [-0.05, 0) is 157 Å². The molecule has 8 atom stereocenters. The standard InChI is InChI=1S/C16H26O3.C15H28O2.C13H18O5.C10H16O4.4CH4/c1-4-14(2,3)13(17)19-16-8-11-5-12(9-16)7-15(18,6-11)10-16;1-7-14(5,6)12(16)17-15(13(2,3)4)10-8-9-11-15;1-4-13(2,3)12(15)18-9-7-5-6-8(16-7)10(9)17-11(6)14;1-4-10(2,3)9(12)14-7-5-6-13-8(7)11;;;;/h11-12,18H,4-10H2,1-3H3;7-11H2,1-6H3;6-10H,4-5H2,1-3H3;7H,4-6H2,1-3H3;4*1H4. The Kier molecular flexibility index (Phi) is 22.8. The zero-order chi connectivity index (χ0) is 51.1. The SMILES string of the molecule is C.C.C.C.CCC(C)(C)C(=O)OC1(C(C)(C)C)CCCC1.CCC(C)(C)C(=O)OC12CC3CC(CC(O)(C3)C1)C2.CCC(C)(C)C(=O)OC1C2CC3C(=O)OC1C3O2.CCC(C)(C)C(=O)OC1CCOC1=O. The minimum absolute atomic E-state index is 0. The highest BCUT2D eigenvalue weighted by Crippen LogP contribution is 2.59. The lowest BCUT2D eigenvalue weighted by Crippen LogP contribution is -2.61. The van der Waals surface area contributed by atoms with Gasteiger partial charge in [0.25, 0.3) is 0 Å². The van der Waals surface area contributed by atoms with E-state index < -0.39 is 46.1 Å². The van der Waals surface area contributed by atoms with Gasteiger partial charge < -0.3 is 38.3 Å². The highest BCUT2D eigenvalue weighted by molar-refractivity contribution is 5.83. The minimum atomic E-state index is -0.687. The Morgan fingerprint density at radius 2 is 1.07 bits per heavy atom. The molecule has 0 radical (unpaired) electrons. The van der Waals surface area contributed by atoms with Gasteiger partial charge in [0.05, 0.1) is 45.9 Å². The van der Waals surface area contributed by atoms with E-state index in [0.29, 0.717) is 50.5 Å². The molecule has 0 aromatic carbocycles. The quantitative estimate of drug-likeness (QED) is 0.144. The number of carbonyl (C=O) groups excluding carboxylic acids is 6. The molecular weight excluding hydrogens is 921 g/mol. The molecule has 4 saturated heterocycles. The Labute approximate surface area is 436 Å². The molecule has 0 spiro atoms. The lowest BCUT2D eigenvalue weighted by molar-refractivity contribution is -0.225. The van der Waals surface area contributed by atoms with Crippen molar-refractivity contribution in [3.8, 4) is 0 Å². The van der Waals surface area contributed by atoms with Crippen molar-refractivity contribution in [2.75, 3.05) is 6.61 Å². The number of hydrogen-bond donors (Lipinski definition) is 1. The first kappa shape index (κ1) is 66.8. The monoisotopic (exact) mass is 1020 g/mol. The first-order valence-electron chi connectivity index (χ1n) is 26.0. The number of aliphatic hydroxyl groups is 1. The van der Waals surface area contributed by atoms with Crippen LogP contribution in [0, 0.1) is 44.8 Å². The summed E-state index contributed by atoms with van der Waals surface area (Å²) in [6, 6.07) is 0. The van der Waals surface area contributed by atoms with Gasteiger partial charge in [0.1, 0.15) is 17.3 Å². The summed E-state index contributed by atoms with van der Waals surface area (Å²) in [5.74, 6) is -0.348. The van der Waals surface area contributed by atoms with E-state index in [2.05, 4.69) is 20.8 Å². The molecule has 0 aromatic rings. The van der Waals surface area contributed by atoms with Crippen LogP contribution >= 0.6 is 0 Å². The number of cyclic esters (lactones) is 1. The Morgan fingerprint density at radius 1 is 0.611 bits per heavy atom. The van der Waals surface area contributed by atoms with Crippen LogP contribution in [0.4, 0.5) is 0 Å². The van der Waals surface area contributed by atoms with E-state index in [9.17, 15) is 33.9 Å². The third-order valence-corrected chi connectivity index (χ3v) is 17.3. The van der Waals surface area contributed by atoms with Crippen LogP contribution in [0.1, 0.15) is 236 Å². The van der Waals surface area contributed by atoms with Gasteiger partial charge in [-0.1, -0.05) is 78.2 Å². The van der Waals surface area contributed by atoms with Gasteiger partial charge in [-0.2, -0.15) is 0 Å². The molecule has 72 heavy (non-hydrogen) atoms. The second-order valence-corrected chi connectivity index (χ2v) is 25.2. The lowest BCUT2D eigenvalue weighted by Gasteiger charge is -2.59. The zero-order valence-corrected chi connectivity index (χ0v) is 44.4. The van der Waals surface area contributed by atoms with Gasteiger partial charge in [-0.25, -0.2) is 4.79 Å². The predicted octanol–water partition coefficient (Wildman–Crippen LogP) is 12.2. The molecule has 8 unspecified atom stereocenters. The van der Waals surface area contributed by atoms with Crippen molar-refractivity contribution in [1.29, 1.82) is 0 Å². The van der Waals surface area contributed by atoms with Gasteiger partial charge in [0.15, 0.2) is 12.2 Å². The Balaban J connectivity index is 0.000000474. The van der Waals surface area contributed by atoms with Crippen molar-refractivity contribution in [1.82, 2.24) is 0 Å². The van der Waals surface area contributed by atoms with Crippen LogP contribution in [-0.2, 0) is 61.9 Å². The second-order valence-electron chi connectivity index (χ2n) is 25.2. The molecule has 1 N–H and O–H groups in total. The van der Waals surface area contributed by atoms with Crippen LogP contribution in [0.15, 0.2) is 0 Å². The summed E-state index contributed by atoms with van der Waals surface area (Å²) >= 11 is 0. The number of fused-ring (bicyclic) bond motifs is 1. The van der Waals surface area contributed by atoms with Crippen LogP contribution in [0.25, 0.3) is 0 Å². The second kappa shape index (κ2) is 24.6. The van der Waals surface area contributed by atoms with E-state index in [1.165, 1.54) is 19.3 Å². The highest BCUT2D eigenvalue weighted by Gasteiger charge is 2.65. The van der Waals surface area contributed by atoms with Crippen LogP contribution in [0.3, 0.4) is 0 Å². The van der Waals surface area contributed by atoms with E-state index in [1.807, 2.05) is 69.2 Å². The third kappa shape index (κ3) is 14.6. The number of rotatable bonds is 12. The highest BCUT2D eigenvalue weighted by atomic mass is 16.7. The smallest absolute Gasteiger partial charge is 0.347 e. The van der Waals surface area contributed by atoms with Crippen LogP contribution in [0.5, 0.6) is 0 Å². The van der Waals surface area contributed by atoms with E-state index in [0.717, 1.165) is 51.4 Å². The van der Waals surface area contributed by atoms with Crippen molar-refractivity contribution >= 4 is 35.8 Å². The molecule has 9 fully saturated rings. The molecule has 420 valence electrons. The van der Waals surface area contributed by atoms with Gasteiger partial charge in [0, 0.05) is 18.3 Å². The van der Waals surface area contributed by atoms with E-state index >= 15 is 0 Å². The molecule has 14 nitrogen and oxygen atoms in total. The van der Waals surface area contributed by atoms with Crippen molar-refractivity contribution in [3.05, 3.63) is 0 Å². The van der Waals surface area contributed by atoms with E-state index in [4.69, 9.17) is 33.2 Å². The third-order valence-electron chi connectivity index (χ3n) is 17.3. The molecule has 0 aromatic heterocycles. The average molecular weight is 1030 g/mol. The molecule has 0 amide bonds. The summed E-state index contributed by atoms with van der Waals surface area (Å²) in [5.41, 5.74) is -2.93. The average Bonchev–Trinajstić information content (AvgIpc) is 4.09. The normalized spacial score (nSPS) is 31.1. The number of esters is 6. The summed E-state index contributed by atoms with van der Waals surface area (Å²) in [6.07, 6.45) is 12.3. The Morgan fingerprint density at radius 3 is 1.50 bits per heavy atom. The van der Waals surface area contributed by atoms with Crippen molar-refractivity contribution < 1.29 is 67.0 Å². The molecule has 9 aliphatic rings. The van der Waals surface area contributed by atoms with Crippen LogP contribution in [-0.4, -0.2) is 94.9 Å². The maximum absolute atomic E-state index is 12.4. The molecule has 4 aliphatic heterocycles. The maximum Gasteiger partial charge on any atom is 0.347 e. The number of hydrogen-bond acceptors (Lipinski definition) is 14. The van der Waals surface area contributed by atoms with Gasteiger partial charge in [-0.3, -0.25) is 24.0 Å². The van der Waals surface area contributed by atoms with Crippen molar-refractivity contribution in [2.24, 2.45) is 44.8 Å². The van der Waals surface area contributed by atoms with Gasteiger partial charge >= 0.3 is 35.8 Å². The van der Waals surface area contributed by atoms with Gasteiger partial charge in [0.2, 0.25) is 6.10 Å². The molecule has 6 bridgehead atoms. The largest absolute Gasteiger partial charge is 0.463 e. The van der Waals surface area contributed by atoms with Crippen molar-refractivity contribution in [2.45, 2.75) is 284 Å². The summed E-state index contributed by atoms with van der Waals surface area (Å²) in [4.78, 5) is 70.9. The minimum Gasteiger partial charge on any atom is -0.463 e. The fourth-order valence-electron chi connectivity index (χ4n) is 11.0.